The van der Waals surface area contributed by atoms with Gasteiger partial charge in [0.05, 0.1) is 23.3 Å². The molecule has 0 unspecified atom stereocenters. The number of piperidine rings is 1. The van der Waals surface area contributed by atoms with Gasteiger partial charge in [-0.2, -0.15) is 5.10 Å². The molecule has 0 aliphatic carbocycles. The van der Waals surface area contributed by atoms with Crippen LogP contribution in [0, 0.1) is 13.8 Å². The number of hydrogen-bond donors (Lipinski definition) is 1. The maximum absolute atomic E-state index is 5.25. The third-order valence-corrected chi connectivity index (χ3v) is 7.29. The normalized spacial score (nSPS) is 15.9. The molecule has 0 saturated carbocycles. The van der Waals surface area contributed by atoms with Crippen LogP contribution in [0.4, 0.5) is 0 Å². The summed E-state index contributed by atoms with van der Waals surface area (Å²) in [5.74, 6) is 0.862. The number of likely N-dealkylation sites (tertiary alicyclic amines) is 1. The van der Waals surface area contributed by atoms with Crippen LogP contribution in [0.2, 0.25) is 0 Å². The first-order valence-electron chi connectivity index (χ1n) is 12.0. The molecule has 1 saturated heterocycles. The Morgan fingerprint density at radius 3 is 2.67 bits per heavy atom. The number of aryl methyl sites for hydroxylation is 1. The molecule has 33 heavy (non-hydrogen) atoms. The molecule has 1 fully saturated rings. The molecule has 0 radical (unpaired) electrons. The van der Waals surface area contributed by atoms with Crippen molar-refractivity contribution in [3.8, 4) is 11.3 Å². The molecule has 0 bridgehead atoms. The van der Waals surface area contributed by atoms with Crippen LogP contribution in [0.5, 0.6) is 0 Å². The van der Waals surface area contributed by atoms with E-state index in [1.807, 2.05) is 4.52 Å². The molecular formula is C26H34N6O. The summed E-state index contributed by atoms with van der Waals surface area (Å²) in [4.78, 5) is 15.9. The Balaban J connectivity index is 1.54. The molecule has 0 amide bonds. The molecule has 4 aromatic heterocycles. The van der Waals surface area contributed by atoms with Crippen molar-refractivity contribution in [2.75, 3.05) is 33.4 Å². The molecule has 1 N–H and O–H groups in total. The molecule has 7 nitrogen and oxygen atoms in total. The van der Waals surface area contributed by atoms with Gasteiger partial charge in [0, 0.05) is 42.6 Å². The van der Waals surface area contributed by atoms with Gasteiger partial charge in [0.15, 0.2) is 5.65 Å². The van der Waals surface area contributed by atoms with Crippen molar-refractivity contribution in [3.63, 3.8) is 0 Å². The van der Waals surface area contributed by atoms with Crippen molar-refractivity contribution in [1.29, 1.82) is 0 Å². The Morgan fingerprint density at radius 1 is 1.15 bits per heavy atom. The Morgan fingerprint density at radius 2 is 1.94 bits per heavy atom. The quantitative estimate of drug-likeness (QED) is 0.459. The van der Waals surface area contributed by atoms with Gasteiger partial charge in [0.2, 0.25) is 0 Å². The van der Waals surface area contributed by atoms with E-state index in [1.165, 1.54) is 22.4 Å². The summed E-state index contributed by atoms with van der Waals surface area (Å²) < 4.78 is 7.13. The number of pyridine rings is 2. The number of aromatic nitrogens is 5. The number of hydrogen-bond acceptors (Lipinski definition) is 5. The van der Waals surface area contributed by atoms with Crippen molar-refractivity contribution in [2.45, 2.75) is 52.4 Å². The number of rotatable bonds is 6. The van der Waals surface area contributed by atoms with Crippen LogP contribution in [0.15, 0.2) is 24.7 Å². The number of fused-ring (bicyclic) bond motifs is 2. The lowest BCUT2D eigenvalue weighted by atomic mass is 9.92. The zero-order valence-electron chi connectivity index (χ0n) is 20.4. The smallest absolute Gasteiger partial charge is 0.158 e. The number of H-pyrrole nitrogens is 1. The largest absolute Gasteiger partial charge is 0.383 e. The van der Waals surface area contributed by atoms with Gasteiger partial charge in [-0.25, -0.2) is 9.50 Å². The van der Waals surface area contributed by atoms with Crippen LogP contribution in [-0.4, -0.2) is 62.8 Å². The van der Waals surface area contributed by atoms with E-state index in [2.05, 4.69) is 66.0 Å². The van der Waals surface area contributed by atoms with Crippen molar-refractivity contribution in [2.24, 2.45) is 0 Å². The summed E-state index contributed by atoms with van der Waals surface area (Å²) >= 11 is 0. The van der Waals surface area contributed by atoms with Gasteiger partial charge < -0.3 is 14.6 Å². The predicted octanol–water partition coefficient (Wildman–Crippen LogP) is 4.84. The van der Waals surface area contributed by atoms with Gasteiger partial charge >= 0.3 is 0 Å². The van der Waals surface area contributed by atoms with Gasteiger partial charge in [0.25, 0.3) is 0 Å². The molecule has 1 aliphatic rings. The van der Waals surface area contributed by atoms with Crippen LogP contribution < -0.4 is 0 Å². The Hall–Kier alpha value is -2.77. The molecular weight excluding hydrogens is 412 g/mol. The lowest BCUT2D eigenvalue weighted by Gasteiger charge is -2.31. The standard InChI is InChI=1S/C26H34N6O/c1-16(2)23-24(20-14-32-26(27-15-28-32)18(4)17(20)3)30-22-7-6-21(29-25(22)23)19-8-10-31(11-9-19)12-13-33-5/h6-7,14-16,19,30H,8-13H2,1-5H3. The van der Waals surface area contributed by atoms with E-state index in [9.17, 15) is 0 Å². The van der Waals surface area contributed by atoms with E-state index in [-0.39, 0.29) is 0 Å². The second-order valence-electron chi connectivity index (χ2n) is 9.63. The fourth-order valence-corrected chi connectivity index (χ4v) is 5.23. The highest BCUT2D eigenvalue weighted by molar-refractivity contribution is 5.89. The van der Waals surface area contributed by atoms with Crippen molar-refractivity contribution in [3.05, 3.63) is 47.0 Å². The molecule has 0 atom stereocenters. The van der Waals surface area contributed by atoms with Crippen molar-refractivity contribution < 1.29 is 4.74 Å². The highest BCUT2D eigenvalue weighted by Gasteiger charge is 2.24. The van der Waals surface area contributed by atoms with Crippen LogP contribution >= 0.6 is 0 Å². The molecule has 4 aromatic rings. The number of nitrogens with one attached hydrogen (secondary N) is 1. The molecule has 5 heterocycles. The molecule has 7 heteroatoms. The van der Waals surface area contributed by atoms with Crippen molar-refractivity contribution in [1.82, 2.24) is 29.5 Å². The molecule has 174 valence electrons. The lowest BCUT2D eigenvalue weighted by molar-refractivity contribution is 0.130. The number of nitrogens with zero attached hydrogens (tertiary/aromatic N) is 5. The molecule has 1 aliphatic heterocycles. The highest BCUT2D eigenvalue weighted by Crippen LogP contribution is 2.38. The summed E-state index contributed by atoms with van der Waals surface area (Å²) in [6, 6.07) is 4.45. The molecule has 5 rings (SSSR count). The lowest BCUT2D eigenvalue weighted by Crippen LogP contribution is -2.35. The number of methoxy groups -OCH3 is 1. The third kappa shape index (κ3) is 3.93. The summed E-state index contributed by atoms with van der Waals surface area (Å²) in [6.45, 7) is 12.8. The topological polar surface area (TPSA) is 71.3 Å². The van der Waals surface area contributed by atoms with Crippen LogP contribution in [0.1, 0.15) is 60.9 Å². The summed E-state index contributed by atoms with van der Waals surface area (Å²) in [7, 11) is 1.77. The van der Waals surface area contributed by atoms with E-state index in [0.29, 0.717) is 11.8 Å². The van der Waals surface area contributed by atoms with Crippen LogP contribution in [0.25, 0.3) is 27.9 Å². The van der Waals surface area contributed by atoms with E-state index < -0.39 is 0 Å². The maximum Gasteiger partial charge on any atom is 0.158 e. The fourth-order valence-electron chi connectivity index (χ4n) is 5.23. The van der Waals surface area contributed by atoms with E-state index >= 15 is 0 Å². The Kier molecular flexibility index (Phi) is 5.93. The first-order chi connectivity index (χ1) is 16.0. The van der Waals surface area contributed by atoms with Gasteiger partial charge in [-0.3, -0.25) is 4.98 Å². The van der Waals surface area contributed by atoms with E-state index in [0.717, 1.165) is 67.0 Å². The second kappa shape index (κ2) is 8.88. The minimum absolute atomic E-state index is 0.346. The summed E-state index contributed by atoms with van der Waals surface area (Å²) in [5.41, 5.74) is 10.3. The number of aromatic amines is 1. The minimum Gasteiger partial charge on any atom is -0.383 e. The van der Waals surface area contributed by atoms with Gasteiger partial charge in [-0.1, -0.05) is 13.8 Å². The van der Waals surface area contributed by atoms with E-state index in [1.54, 1.807) is 13.4 Å². The average molecular weight is 447 g/mol. The predicted molar refractivity (Wildman–Crippen MR) is 132 cm³/mol. The third-order valence-electron chi connectivity index (χ3n) is 7.29. The van der Waals surface area contributed by atoms with Crippen LogP contribution in [-0.2, 0) is 4.74 Å². The molecule has 0 spiro atoms. The first kappa shape index (κ1) is 22.0. The zero-order valence-corrected chi connectivity index (χ0v) is 20.4. The monoisotopic (exact) mass is 446 g/mol. The second-order valence-corrected chi connectivity index (χ2v) is 9.63. The van der Waals surface area contributed by atoms with Crippen molar-refractivity contribution >= 4 is 16.7 Å². The Labute approximate surface area is 195 Å². The minimum atomic E-state index is 0.346. The SMILES string of the molecule is COCCN1CCC(c2ccc3[nH]c(-c4cn5ncnc5c(C)c4C)c(C(C)C)c3n2)CC1. The van der Waals surface area contributed by atoms with Gasteiger partial charge in [0.1, 0.15) is 6.33 Å². The number of ether oxygens (including phenoxy) is 1. The Bertz CT molecular complexity index is 1280. The summed E-state index contributed by atoms with van der Waals surface area (Å²) in [5, 5.41) is 4.40. The first-order valence-corrected chi connectivity index (χ1v) is 12.0. The summed E-state index contributed by atoms with van der Waals surface area (Å²) in [6.07, 6.45) is 6.02. The zero-order chi connectivity index (χ0) is 23.1. The average Bonchev–Trinajstić information content (AvgIpc) is 3.44. The highest BCUT2D eigenvalue weighted by atomic mass is 16.5. The van der Waals surface area contributed by atoms with Gasteiger partial charge in [-0.05, 0) is 69.0 Å². The fraction of sp³-hybridized carbons (Fsp3) is 0.500. The van der Waals surface area contributed by atoms with E-state index in [4.69, 9.17) is 9.72 Å². The molecule has 0 aromatic carbocycles. The van der Waals surface area contributed by atoms with Gasteiger partial charge in [-0.15, -0.1) is 0 Å². The van der Waals surface area contributed by atoms with Crippen LogP contribution in [0.3, 0.4) is 0 Å². The maximum atomic E-state index is 5.25.